The number of rotatable bonds is 5. The Bertz CT molecular complexity index is 975. The summed E-state index contributed by atoms with van der Waals surface area (Å²) in [6, 6.07) is 9.02. The van der Waals surface area contributed by atoms with Crippen molar-refractivity contribution in [3.05, 3.63) is 57.1 Å². The third-order valence-electron chi connectivity index (χ3n) is 4.22. The third kappa shape index (κ3) is 4.22. The summed E-state index contributed by atoms with van der Waals surface area (Å²) in [5.41, 5.74) is 1.47. The van der Waals surface area contributed by atoms with Crippen molar-refractivity contribution in [3.8, 4) is 0 Å². The fraction of sp³-hybridized carbons (Fsp3) is 0.294. The minimum atomic E-state index is -3.64. The zero-order chi connectivity index (χ0) is 19.6. The molecule has 0 amide bonds. The van der Waals surface area contributed by atoms with Gasteiger partial charge in [0.2, 0.25) is 10.0 Å². The van der Waals surface area contributed by atoms with Gasteiger partial charge in [0, 0.05) is 30.9 Å². The van der Waals surface area contributed by atoms with E-state index in [1.54, 1.807) is 19.1 Å². The van der Waals surface area contributed by atoms with E-state index in [0.717, 1.165) is 0 Å². The molecule has 1 saturated heterocycles. The molecule has 0 aromatic heterocycles. The van der Waals surface area contributed by atoms with Gasteiger partial charge in [0.25, 0.3) is 5.69 Å². The highest BCUT2D eigenvalue weighted by atomic mass is 35.5. The molecule has 1 aliphatic heterocycles. The van der Waals surface area contributed by atoms with Crippen LogP contribution < -0.4 is 5.32 Å². The van der Waals surface area contributed by atoms with Gasteiger partial charge in [-0.2, -0.15) is 4.31 Å². The number of hydrogen-bond donors (Lipinski definition) is 1. The number of morpholine rings is 1. The van der Waals surface area contributed by atoms with Gasteiger partial charge in [-0.05, 0) is 30.7 Å². The maximum Gasteiger partial charge on any atom is 0.271 e. The van der Waals surface area contributed by atoms with Gasteiger partial charge >= 0.3 is 0 Å². The fourth-order valence-corrected chi connectivity index (χ4v) is 4.64. The van der Waals surface area contributed by atoms with Crippen molar-refractivity contribution in [1.29, 1.82) is 0 Å². The number of nitrogens with one attached hydrogen (secondary N) is 1. The van der Waals surface area contributed by atoms with Crippen LogP contribution in [-0.4, -0.2) is 43.9 Å². The second-order valence-corrected chi connectivity index (χ2v) is 8.36. The largest absolute Gasteiger partial charge is 0.379 e. The van der Waals surface area contributed by atoms with Gasteiger partial charge in [-0.1, -0.05) is 17.7 Å². The second-order valence-electron chi connectivity index (χ2n) is 6.04. The number of benzene rings is 2. The number of anilines is 2. The standard InChI is InChI=1S/C17H18ClN3O5S/c1-12-2-3-13(19-16-5-4-14(21(22)23)11-15(16)18)10-17(12)27(24,25)20-6-8-26-9-7-20/h2-5,10-11,19H,6-9H2,1H3. The van der Waals surface area contributed by atoms with E-state index >= 15 is 0 Å². The minimum Gasteiger partial charge on any atom is -0.379 e. The van der Waals surface area contributed by atoms with Gasteiger partial charge in [-0.3, -0.25) is 10.1 Å². The topological polar surface area (TPSA) is 102 Å². The van der Waals surface area contributed by atoms with Crippen LogP contribution in [0.2, 0.25) is 5.02 Å². The number of non-ortho nitro benzene ring substituents is 1. The molecule has 0 atom stereocenters. The summed E-state index contributed by atoms with van der Waals surface area (Å²) in [5, 5.41) is 14.0. The molecule has 1 aliphatic rings. The summed E-state index contributed by atoms with van der Waals surface area (Å²) in [7, 11) is -3.64. The molecule has 1 heterocycles. The Labute approximate surface area is 161 Å². The maximum atomic E-state index is 12.9. The molecule has 0 aliphatic carbocycles. The first-order valence-electron chi connectivity index (χ1n) is 8.18. The summed E-state index contributed by atoms with van der Waals surface area (Å²) < 4.78 is 32.5. The van der Waals surface area contributed by atoms with Crippen molar-refractivity contribution < 1.29 is 18.1 Å². The smallest absolute Gasteiger partial charge is 0.271 e. The molecule has 0 bridgehead atoms. The Kier molecular flexibility index (Phi) is 5.66. The molecule has 1 N–H and O–H groups in total. The van der Waals surface area contributed by atoms with Crippen molar-refractivity contribution in [2.45, 2.75) is 11.8 Å². The lowest BCUT2D eigenvalue weighted by molar-refractivity contribution is -0.384. The predicted octanol–water partition coefficient (Wildman–Crippen LogP) is 3.32. The molecule has 0 saturated carbocycles. The monoisotopic (exact) mass is 411 g/mol. The van der Waals surface area contributed by atoms with Crippen LogP contribution in [0.3, 0.4) is 0 Å². The predicted molar refractivity (Wildman–Crippen MR) is 102 cm³/mol. The van der Waals surface area contributed by atoms with Crippen LogP contribution in [0, 0.1) is 17.0 Å². The van der Waals surface area contributed by atoms with Crippen LogP contribution in [0.1, 0.15) is 5.56 Å². The van der Waals surface area contributed by atoms with E-state index in [2.05, 4.69) is 5.32 Å². The van der Waals surface area contributed by atoms with Crippen molar-refractivity contribution in [2.75, 3.05) is 31.6 Å². The zero-order valence-corrected chi connectivity index (χ0v) is 16.1. The number of sulfonamides is 1. The van der Waals surface area contributed by atoms with Gasteiger partial charge in [0.05, 0.1) is 33.7 Å². The van der Waals surface area contributed by atoms with Crippen LogP contribution in [-0.2, 0) is 14.8 Å². The lowest BCUT2D eigenvalue weighted by Gasteiger charge is -2.27. The molecule has 3 rings (SSSR count). The average Bonchev–Trinajstić information content (AvgIpc) is 2.65. The molecular formula is C17H18ClN3O5S. The highest BCUT2D eigenvalue weighted by molar-refractivity contribution is 7.89. The molecular weight excluding hydrogens is 394 g/mol. The first-order chi connectivity index (χ1) is 12.8. The number of nitro groups is 1. The normalized spacial score (nSPS) is 15.5. The van der Waals surface area contributed by atoms with Crippen molar-refractivity contribution in [1.82, 2.24) is 4.31 Å². The third-order valence-corrected chi connectivity index (χ3v) is 6.57. The van der Waals surface area contributed by atoms with Crippen molar-refractivity contribution in [2.24, 2.45) is 0 Å². The van der Waals surface area contributed by atoms with Crippen LogP contribution in [0.4, 0.5) is 17.1 Å². The number of aryl methyl sites for hydroxylation is 1. The molecule has 27 heavy (non-hydrogen) atoms. The Morgan fingerprint density at radius 1 is 1.19 bits per heavy atom. The van der Waals surface area contributed by atoms with Gasteiger partial charge in [-0.25, -0.2) is 8.42 Å². The molecule has 2 aromatic carbocycles. The lowest BCUT2D eigenvalue weighted by Crippen LogP contribution is -2.40. The summed E-state index contributed by atoms with van der Waals surface area (Å²) >= 11 is 6.10. The maximum absolute atomic E-state index is 12.9. The van der Waals surface area contributed by atoms with Gasteiger partial charge in [0.15, 0.2) is 0 Å². The molecule has 0 radical (unpaired) electrons. The SMILES string of the molecule is Cc1ccc(Nc2ccc([N+](=O)[O-])cc2Cl)cc1S(=O)(=O)N1CCOCC1. The summed E-state index contributed by atoms with van der Waals surface area (Å²) in [6.07, 6.45) is 0. The van der Waals surface area contributed by atoms with Crippen LogP contribution >= 0.6 is 11.6 Å². The van der Waals surface area contributed by atoms with E-state index < -0.39 is 14.9 Å². The van der Waals surface area contributed by atoms with Crippen LogP contribution in [0.15, 0.2) is 41.3 Å². The second kappa shape index (κ2) is 7.81. The zero-order valence-electron chi connectivity index (χ0n) is 14.5. The molecule has 8 nitrogen and oxygen atoms in total. The van der Waals surface area contributed by atoms with Gasteiger partial charge in [-0.15, -0.1) is 0 Å². The highest BCUT2D eigenvalue weighted by Gasteiger charge is 2.28. The quantitative estimate of drug-likeness (QED) is 0.598. The highest BCUT2D eigenvalue weighted by Crippen LogP contribution is 2.31. The number of nitro benzene ring substituents is 1. The van der Waals surface area contributed by atoms with E-state index in [9.17, 15) is 18.5 Å². The van der Waals surface area contributed by atoms with E-state index in [0.29, 0.717) is 43.2 Å². The number of nitrogens with zero attached hydrogens (tertiary/aromatic N) is 2. The van der Waals surface area contributed by atoms with Crippen LogP contribution in [0.25, 0.3) is 0 Å². The molecule has 0 spiro atoms. The Morgan fingerprint density at radius 3 is 2.52 bits per heavy atom. The van der Waals surface area contributed by atoms with E-state index in [1.165, 1.54) is 28.6 Å². The van der Waals surface area contributed by atoms with Gasteiger partial charge < -0.3 is 10.1 Å². The summed E-state index contributed by atoms with van der Waals surface area (Å²) in [4.78, 5) is 10.5. The van der Waals surface area contributed by atoms with Crippen molar-refractivity contribution in [3.63, 3.8) is 0 Å². The lowest BCUT2D eigenvalue weighted by atomic mass is 10.2. The summed E-state index contributed by atoms with van der Waals surface area (Å²) in [6.45, 7) is 3.10. The molecule has 0 unspecified atom stereocenters. The Hall–Kier alpha value is -2.20. The van der Waals surface area contributed by atoms with E-state index in [1.807, 2.05) is 0 Å². The fourth-order valence-electron chi connectivity index (χ4n) is 2.76. The van der Waals surface area contributed by atoms with Crippen molar-refractivity contribution >= 4 is 38.7 Å². The molecule has 10 heteroatoms. The first kappa shape index (κ1) is 19.6. The number of ether oxygens (including phenoxy) is 1. The van der Waals surface area contributed by atoms with E-state index in [-0.39, 0.29) is 15.6 Å². The summed E-state index contributed by atoms with van der Waals surface area (Å²) in [5.74, 6) is 0. The minimum absolute atomic E-state index is 0.120. The Balaban J connectivity index is 1.90. The Morgan fingerprint density at radius 2 is 1.89 bits per heavy atom. The average molecular weight is 412 g/mol. The van der Waals surface area contributed by atoms with E-state index in [4.69, 9.17) is 16.3 Å². The number of hydrogen-bond acceptors (Lipinski definition) is 6. The van der Waals surface area contributed by atoms with Crippen LogP contribution in [0.5, 0.6) is 0 Å². The molecule has 2 aromatic rings. The van der Waals surface area contributed by atoms with Gasteiger partial charge in [0.1, 0.15) is 0 Å². The molecule has 1 fully saturated rings. The number of halogens is 1. The molecule has 144 valence electrons. The first-order valence-corrected chi connectivity index (χ1v) is 10.0.